The van der Waals surface area contributed by atoms with Crippen molar-refractivity contribution in [2.75, 3.05) is 37.6 Å². The molecule has 2 heterocycles. The van der Waals surface area contributed by atoms with Crippen molar-refractivity contribution in [2.45, 2.75) is 37.7 Å². The highest BCUT2D eigenvalue weighted by molar-refractivity contribution is 7.98. The summed E-state index contributed by atoms with van der Waals surface area (Å²) in [4.78, 5) is 26.6. The summed E-state index contributed by atoms with van der Waals surface area (Å²) >= 11 is 7.91. The molecule has 1 fully saturated rings. The lowest BCUT2D eigenvalue weighted by Gasteiger charge is -2.35. The van der Waals surface area contributed by atoms with E-state index < -0.39 is 0 Å². The number of thioether (sulfide) groups is 1. The van der Waals surface area contributed by atoms with Crippen LogP contribution in [0, 0.1) is 5.92 Å². The normalized spacial score (nSPS) is 15.2. The molecular formula is C30H36ClN5OS. The van der Waals surface area contributed by atoms with E-state index in [2.05, 4.69) is 70.4 Å². The summed E-state index contributed by atoms with van der Waals surface area (Å²) in [6.45, 7) is 10.9. The average molecular weight is 550 g/mol. The van der Waals surface area contributed by atoms with Crippen molar-refractivity contribution < 1.29 is 4.79 Å². The van der Waals surface area contributed by atoms with Gasteiger partial charge < -0.3 is 10.2 Å². The standard InChI is InChI=1S/C30H36ClN5OS/c1-22(2)23(3)32-29(37)26-13-7-11-25(19-26)21-38-30-33-27(31)20-28(34-30)36-17-15-35(16-18-36)14-8-12-24-9-5-4-6-10-24/h4-13,19-20,22-23H,14-18,21H2,1-3H3,(H,32,37). The molecule has 3 aromatic rings. The van der Waals surface area contributed by atoms with Gasteiger partial charge in [-0.25, -0.2) is 9.97 Å². The van der Waals surface area contributed by atoms with Gasteiger partial charge in [-0.05, 0) is 36.1 Å². The van der Waals surface area contributed by atoms with E-state index in [9.17, 15) is 4.79 Å². The Morgan fingerprint density at radius 3 is 2.53 bits per heavy atom. The average Bonchev–Trinajstić information content (AvgIpc) is 2.92. The first-order valence-corrected chi connectivity index (χ1v) is 14.5. The van der Waals surface area contributed by atoms with Crippen molar-refractivity contribution in [1.82, 2.24) is 20.2 Å². The SMILES string of the molecule is CC(C)C(C)NC(=O)c1cccc(CSc2nc(Cl)cc(N3CCN(CC=Cc4ccccc4)CC3)n2)c1. The molecule has 0 aliphatic carbocycles. The molecule has 1 amide bonds. The molecule has 200 valence electrons. The fourth-order valence-electron chi connectivity index (χ4n) is 4.08. The highest BCUT2D eigenvalue weighted by Gasteiger charge is 2.19. The molecule has 1 aromatic heterocycles. The monoisotopic (exact) mass is 549 g/mol. The third-order valence-corrected chi connectivity index (χ3v) is 7.86. The third kappa shape index (κ3) is 8.32. The summed E-state index contributed by atoms with van der Waals surface area (Å²) < 4.78 is 0. The van der Waals surface area contributed by atoms with Crippen LogP contribution in [0.25, 0.3) is 6.08 Å². The van der Waals surface area contributed by atoms with Crippen LogP contribution >= 0.6 is 23.4 Å². The molecule has 8 heteroatoms. The molecule has 1 atom stereocenters. The summed E-state index contributed by atoms with van der Waals surface area (Å²) in [5.74, 6) is 1.85. The van der Waals surface area contributed by atoms with Gasteiger partial charge in [0.2, 0.25) is 0 Å². The maximum absolute atomic E-state index is 12.6. The molecule has 38 heavy (non-hydrogen) atoms. The van der Waals surface area contributed by atoms with E-state index in [0.717, 1.165) is 44.1 Å². The molecule has 1 aliphatic heterocycles. The Hall–Kier alpha value is -2.87. The van der Waals surface area contributed by atoms with Gasteiger partial charge in [-0.2, -0.15) is 0 Å². The number of benzene rings is 2. The number of nitrogens with one attached hydrogen (secondary N) is 1. The molecule has 6 nitrogen and oxygen atoms in total. The zero-order valence-electron chi connectivity index (χ0n) is 22.3. The first-order valence-electron chi connectivity index (χ1n) is 13.1. The van der Waals surface area contributed by atoms with Crippen LogP contribution in [0.1, 0.15) is 42.3 Å². The van der Waals surface area contributed by atoms with E-state index in [0.29, 0.717) is 27.5 Å². The summed E-state index contributed by atoms with van der Waals surface area (Å²) in [6.07, 6.45) is 4.40. The predicted molar refractivity (Wildman–Crippen MR) is 159 cm³/mol. The molecule has 1 N–H and O–H groups in total. The number of piperazine rings is 1. The fourth-order valence-corrected chi connectivity index (χ4v) is 5.10. The zero-order chi connectivity index (χ0) is 26.9. The van der Waals surface area contributed by atoms with Gasteiger partial charge in [0.1, 0.15) is 11.0 Å². The number of nitrogens with zero attached hydrogens (tertiary/aromatic N) is 4. The Bertz CT molecular complexity index is 1230. The van der Waals surface area contributed by atoms with Crippen LogP contribution in [-0.2, 0) is 5.75 Å². The van der Waals surface area contributed by atoms with Crippen LogP contribution in [0.15, 0.2) is 71.9 Å². The zero-order valence-corrected chi connectivity index (χ0v) is 23.9. The molecule has 4 rings (SSSR count). The second kappa shape index (κ2) is 13.8. The van der Waals surface area contributed by atoms with Gasteiger partial charge in [-0.3, -0.25) is 9.69 Å². The number of carbonyl (C=O) groups is 1. The second-order valence-electron chi connectivity index (χ2n) is 9.93. The Morgan fingerprint density at radius 1 is 1.03 bits per heavy atom. The topological polar surface area (TPSA) is 61.4 Å². The summed E-state index contributed by atoms with van der Waals surface area (Å²) in [5.41, 5.74) is 2.93. The minimum absolute atomic E-state index is 0.0472. The van der Waals surface area contributed by atoms with Gasteiger partial charge in [0.15, 0.2) is 5.16 Å². The molecular weight excluding hydrogens is 514 g/mol. The van der Waals surface area contributed by atoms with Gasteiger partial charge in [-0.1, -0.05) is 91.8 Å². The third-order valence-electron chi connectivity index (χ3n) is 6.75. The quantitative estimate of drug-likeness (QED) is 0.189. The minimum Gasteiger partial charge on any atom is -0.354 e. The number of carbonyl (C=O) groups excluding carboxylic acids is 1. The van der Waals surface area contributed by atoms with Crippen LogP contribution in [-0.4, -0.2) is 59.5 Å². The van der Waals surface area contributed by atoms with Gasteiger partial charge in [-0.15, -0.1) is 0 Å². The van der Waals surface area contributed by atoms with Gasteiger partial charge in [0, 0.05) is 56.1 Å². The van der Waals surface area contributed by atoms with E-state index >= 15 is 0 Å². The number of rotatable bonds is 10. The maximum Gasteiger partial charge on any atom is 0.251 e. The van der Waals surface area contributed by atoms with Crippen molar-refractivity contribution in [3.05, 3.63) is 88.6 Å². The highest BCUT2D eigenvalue weighted by atomic mass is 35.5. The van der Waals surface area contributed by atoms with Crippen molar-refractivity contribution in [2.24, 2.45) is 5.92 Å². The van der Waals surface area contributed by atoms with Crippen LogP contribution in [0.3, 0.4) is 0 Å². The maximum atomic E-state index is 12.6. The molecule has 0 saturated carbocycles. The lowest BCUT2D eigenvalue weighted by Crippen LogP contribution is -2.46. The van der Waals surface area contributed by atoms with E-state index in [1.807, 2.05) is 43.3 Å². The van der Waals surface area contributed by atoms with Gasteiger partial charge >= 0.3 is 0 Å². The van der Waals surface area contributed by atoms with E-state index in [4.69, 9.17) is 16.6 Å². The first kappa shape index (κ1) is 28.1. The van der Waals surface area contributed by atoms with Crippen molar-refractivity contribution in [3.63, 3.8) is 0 Å². The van der Waals surface area contributed by atoms with Crippen molar-refractivity contribution in [3.8, 4) is 0 Å². The van der Waals surface area contributed by atoms with Crippen LogP contribution < -0.4 is 10.2 Å². The van der Waals surface area contributed by atoms with E-state index in [-0.39, 0.29) is 11.9 Å². The molecule has 1 aliphatic rings. The number of hydrogen-bond donors (Lipinski definition) is 1. The number of amides is 1. The Morgan fingerprint density at radius 2 is 1.79 bits per heavy atom. The van der Waals surface area contributed by atoms with E-state index in [1.54, 1.807) is 0 Å². The first-order chi connectivity index (χ1) is 18.4. The number of anilines is 1. The van der Waals surface area contributed by atoms with Gasteiger partial charge in [0.05, 0.1) is 0 Å². The molecule has 0 bridgehead atoms. The highest BCUT2D eigenvalue weighted by Crippen LogP contribution is 2.25. The molecule has 0 spiro atoms. The van der Waals surface area contributed by atoms with Crippen LogP contribution in [0.4, 0.5) is 5.82 Å². The Labute approximate surface area is 235 Å². The second-order valence-corrected chi connectivity index (χ2v) is 11.3. The molecule has 2 aromatic carbocycles. The summed E-state index contributed by atoms with van der Waals surface area (Å²) in [5, 5.41) is 4.16. The lowest BCUT2D eigenvalue weighted by atomic mass is 10.1. The molecule has 0 radical (unpaired) electrons. The number of halogens is 1. The predicted octanol–water partition coefficient (Wildman–Crippen LogP) is 6.03. The smallest absolute Gasteiger partial charge is 0.251 e. The fraction of sp³-hybridized carbons (Fsp3) is 0.367. The molecule has 1 unspecified atom stereocenters. The van der Waals surface area contributed by atoms with E-state index in [1.165, 1.54) is 17.3 Å². The van der Waals surface area contributed by atoms with Gasteiger partial charge in [0.25, 0.3) is 5.91 Å². The largest absolute Gasteiger partial charge is 0.354 e. The molecule has 1 saturated heterocycles. The Kier molecular flexibility index (Phi) is 10.2. The van der Waals surface area contributed by atoms with Crippen LogP contribution in [0.2, 0.25) is 5.15 Å². The van der Waals surface area contributed by atoms with Crippen LogP contribution in [0.5, 0.6) is 0 Å². The van der Waals surface area contributed by atoms with Crippen molar-refractivity contribution >= 4 is 41.2 Å². The summed E-state index contributed by atoms with van der Waals surface area (Å²) in [6, 6.07) is 20.1. The summed E-state index contributed by atoms with van der Waals surface area (Å²) in [7, 11) is 0. The van der Waals surface area contributed by atoms with Crippen molar-refractivity contribution in [1.29, 1.82) is 0 Å². The number of aromatic nitrogens is 2. The lowest BCUT2D eigenvalue weighted by molar-refractivity contribution is 0.0930. The number of hydrogen-bond acceptors (Lipinski definition) is 6. The Balaban J connectivity index is 1.31. The minimum atomic E-state index is -0.0472.